The molecule has 31 heavy (non-hydrogen) atoms. The molecule has 0 unspecified atom stereocenters. The van der Waals surface area contributed by atoms with E-state index in [-0.39, 0.29) is 17.4 Å². The number of H-pyrrole nitrogens is 1. The Hall–Kier alpha value is -2.67. The number of aromatic hydroxyl groups is 1. The molecule has 1 amide bonds. The number of benzene rings is 1. The number of nitrogens with one attached hydrogen (secondary N) is 1. The number of hydrogen-bond donors (Lipinski definition) is 2. The molecule has 4 rings (SSSR count). The summed E-state index contributed by atoms with van der Waals surface area (Å²) in [6.07, 6.45) is 3.84. The van der Waals surface area contributed by atoms with Crippen LogP contribution in [0, 0.1) is 6.92 Å². The van der Waals surface area contributed by atoms with Crippen molar-refractivity contribution < 1.29 is 9.90 Å². The van der Waals surface area contributed by atoms with Gasteiger partial charge in [-0.25, -0.2) is 4.98 Å². The summed E-state index contributed by atoms with van der Waals surface area (Å²) in [5, 5.41) is 10.2. The van der Waals surface area contributed by atoms with Crippen molar-refractivity contribution in [2.24, 2.45) is 0 Å². The highest BCUT2D eigenvalue weighted by Crippen LogP contribution is 2.28. The summed E-state index contributed by atoms with van der Waals surface area (Å²) < 4.78 is 0. The second-order valence-electron chi connectivity index (χ2n) is 8.87. The number of aromatic nitrogens is 2. The van der Waals surface area contributed by atoms with Gasteiger partial charge in [0, 0.05) is 37.4 Å². The molecule has 2 N–H and O–H groups in total. The third-order valence-electron chi connectivity index (χ3n) is 6.51. The predicted molar refractivity (Wildman–Crippen MR) is 119 cm³/mol. The van der Waals surface area contributed by atoms with Gasteiger partial charge in [0.15, 0.2) is 0 Å². The average molecular weight is 425 g/mol. The Morgan fingerprint density at radius 2 is 2.03 bits per heavy atom. The highest BCUT2D eigenvalue weighted by molar-refractivity contribution is 5.76. The van der Waals surface area contributed by atoms with E-state index in [0.29, 0.717) is 37.2 Å². The minimum absolute atomic E-state index is 0.0963. The first-order valence-corrected chi connectivity index (χ1v) is 11.3. The predicted octanol–water partition coefficient (Wildman–Crippen LogP) is 2.85. The molecule has 0 radical (unpaired) electrons. The van der Waals surface area contributed by atoms with Crippen LogP contribution in [0.4, 0.5) is 0 Å². The maximum Gasteiger partial charge on any atom is 0.256 e. The SMILES string of the molecule is CCCC(=O)N1CCc2nc(C3CCN(Cc4ccc(C)cc4O)CC3)[nH]c(=O)c2C1. The van der Waals surface area contributed by atoms with Gasteiger partial charge in [-0.05, 0) is 50.9 Å². The van der Waals surface area contributed by atoms with E-state index in [9.17, 15) is 14.7 Å². The minimum Gasteiger partial charge on any atom is -0.508 e. The number of amides is 1. The van der Waals surface area contributed by atoms with E-state index in [1.54, 1.807) is 11.0 Å². The lowest BCUT2D eigenvalue weighted by Crippen LogP contribution is -2.40. The molecule has 0 saturated carbocycles. The molecule has 3 heterocycles. The Morgan fingerprint density at radius 1 is 1.26 bits per heavy atom. The molecule has 2 aliphatic heterocycles. The fourth-order valence-corrected chi connectivity index (χ4v) is 4.64. The molecule has 166 valence electrons. The zero-order chi connectivity index (χ0) is 22.0. The highest BCUT2D eigenvalue weighted by Gasteiger charge is 2.27. The van der Waals surface area contributed by atoms with Gasteiger partial charge in [-0.15, -0.1) is 0 Å². The third kappa shape index (κ3) is 4.82. The van der Waals surface area contributed by atoms with Crippen molar-refractivity contribution in [2.75, 3.05) is 19.6 Å². The first kappa shape index (κ1) is 21.6. The number of carbonyl (C=O) groups excluding carboxylic acids is 1. The van der Waals surface area contributed by atoms with E-state index < -0.39 is 0 Å². The number of aryl methyl sites for hydroxylation is 1. The molecular formula is C24H32N4O3. The van der Waals surface area contributed by atoms with Gasteiger partial charge in [0.2, 0.25) is 5.91 Å². The molecule has 1 fully saturated rings. The van der Waals surface area contributed by atoms with Crippen LogP contribution in [0.2, 0.25) is 0 Å². The number of piperidine rings is 1. The van der Waals surface area contributed by atoms with Crippen molar-refractivity contribution in [2.45, 2.75) is 65.0 Å². The highest BCUT2D eigenvalue weighted by atomic mass is 16.3. The summed E-state index contributed by atoms with van der Waals surface area (Å²) in [5.74, 6) is 1.49. The lowest BCUT2D eigenvalue weighted by atomic mass is 9.94. The number of aromatic amines is 1. The summed E-state index contributed by atoms with van der Waals surface area (Å²) in [5.41, 5.74) is 3.41. The van der Waals surface area contributed by atoms with Gasteiger partial charge < -0.3 is 15.0 Å². The summed E-state index contributed by atoms with van der Waals surface area (Å²) in [6.45, 7) is 7.51. The van der Waals surface area contributed by atoms with Gasteiger partial charge >= 0.3 is 0 Å². The number of rotatable bonds is 5. The van der Waals surface area contributed by atoms with Crippen LogP contribution >= 0.6 is 0 Å². The van der Waals surface area contributed by atoms with Gasteiger partial charge in [-0.1, -0.05) is 19.1 Å². The first-order chi connectivity index (χ1) is 14.9. The third-order valence-corrected chi connectivity index (χ3v) is 6.51. The van der Waals surface area contributed by atoms with Crippen LogP contribution in [-0.2, 0) is 24.3 Å². The van der Waals surface area contributed by atoms with E-state index in [2.05, 4.69) is 9.88 Å². The lowest BCUT2D eigenvalue weighted by Gasteiger charge is -2.32. The van der Waals surface area contributed by atoms with Crippen molar-refractivity contribution in [1.29, 1.82) is 0 Å². The molecule has 2 aliphatic rings. The van der Waals surface area contributed by atoms with E-state index >= 15 is 0 Å². The van der Waals surface area contributed by atoms with Crippen LogP contribution < -0.4 is 5.56 Å². The van der Waals surface area contributed by atoms with Gasteiger partial charge in [-0.3, -0.25) is 14.5 Å². The van der Waals surface area contributed by atoms with Gasteiger partial charge in [0.1, 0.15) is 11.6 Å². The Morgan fingerprint density at radius 3 is 2.74 bits per heavy atom. The van der Waals surface area contributed by atoms with Crippen LogP contribution in [0.3, 0.4) is 0 Å². The van der Waals surface area contributed by atoms with Crippen molar-refractivity contribution >= 4 is 5.91 Å². The van der Waals surface area contributed by atoms with Crippen LogP contribution in [-0.4, -0.2) is 50.4 Å². The van der Waals surface area contributed by atoms with Crippen molar-refractivity contribution in [1.82, 2.24) is 19.8 Å². The molecule has 0 atom stereocenters. The van der Waals surface area contributed by atoms with E-state index in [0.717, 1.165) is 61.5 Å². The molecule has 1 aromatic carbocycles. The molecule has 2 aromatic rings. The first-order valence-electron chi connectivity index (χ1n) is 11.3. The van der Waals surface area contributed by atoms with E-state index in [1.165, 1.54) is 0 Å². The number of carbonyl (C=O) groups is 1. The number of fused-ring (bicyclic) bond motifs is 1. The molecule has 0 aliphatic carbocycles. The molecule has 1 saturated heterocycles. The fraction of sp³-hybridized carbons (Fsp3) is 0.542. The average Bonchev–Trinajstić information content (AvgIpc) is 2.76. The topological polar surface area (TPSA) is 89.5 Å². The van der Waals surface area contributed by atoms with Crippen LogP contribution in [0.25, 0.3) is 0 Å². The standard InChI is InChI=1S/C24H32N4O3/c1-3-4-22(30)28-12-9-20-19(15-28)24(31)26-23(25-20)17-7-10-27(11-8-17)14-18-6-5-16(2)13-21(18)29/h5-6,13,17,29H,3-4,7-12,14-15H2,1-2H3,(H,25,26,31). The van der Waals surface area contributed by atoms with Gasteiger partial charge in [0.25, 0.3) is 5.56 Å². The monoisotopic (exact) mass is 424 g/mol. The molecule has 7 heteroatoms. The smallest absolute Gasteiger partial charge is 0.256 e. The minimum atomic E-state index is -0.0963. The normalized spacial score (nSPS) is 17.5. The number of hydrogen-bond acceptors (Lipinski definition) is 5. The van der Waals surface area contributed by atoms with Crippen molar-refractivity contribution in [3.63, 3.8) is 0 Å². The summed E-state index contributed by atoms with van der Waals surface area (Å²) in [4.78, 5) is 36.9. The number of phenols is 1. The van der Waals surface area contributed by atoms with E-state index in [4.69, 9.17) is 4.98 Å². The van der Waals surface area contributed by atoms with Gasteiger partial charge in [0.05, 0.1) is 17.8 Å². The van der Waals surface area contributed by atoms with Crippen LogP contribution in [0.5, 0.6) is 5.75 Å². The maximum absolute atomic E-state index is 12.8. The summed E-state index contributed by atoms with van der Waals surface area (Å²) in [6, 6.07) is 5.83. The zero-order valence-electron chi connectivity index (χ0n) is 18.5. The molecule has 7 nitrogen and oxygen atoms in total. The number of phenolic OH excluding ortho intramolecular Hbond substituents is 1. The van der Waals surface area contributed by atoms with Crippen molar-refractivity contribution in [3.8, 4) is 5.75 Å². The van der Waals surface area contributed by atoms with Gasteiger partial charge in [-0.2, -0.15) is 0 Å². The quantitative estimate of drug-likeness (QED) is 0.770. The number of likely N-dealkylation sites (tertiary alicyclic amines) is 1. The molecule has 0 bridgehead atoms. The number of nitrogens with zero attached hydrogens (tertiary/aromatic N) is 3. The Labute approximate surface area is 183 Å². The Bertz CT molecular complexity index is 1010. The Kier molecular flexibility index (Phi) is 6.41. The summed E-state index contributed by atoms with van der Waals surface area (Å²) in [7, 11) is 0. The fourth-order valence-electron chi connectivity index (χ4n) is 4.64. The largest absolute Gasteiger partial charge is 0.508 e. The molecule has 0 spiro atoms. The van der Waals surface area contributed by atoms with Crippen LogP contribution in [0.15, 0.2) is 23.0 Å². The van der Waals surface area contributed by atoms with Crippen LogP contribution in [0.1, 0.15) is 66.7 Å². The molecule has 1 aromatic heterocycles. The second kappa shape index (κ2) is 9.22. The lowest BCUT2D eigenvalue weighted by molar-refractivity contribution is -0.132. The Balaban J connectivity index is 1.40. The van der Waals surface area contributed by atoms with E-state index in [1.807, 2.05) is 26.0 Å². The summed E-state index contributed by atoms with van der Waals surface area (Å²) >= 11 is 0. The second-order valence-corrected chi connectivity index (χ2v) is 8.87. The maximum atomic E-state index is 12.8. The van der Waals surface area contributed by atoms with Crippen molar-refractivity contribution in [3.05, 3.63) is 56.8 Å². The molecular weight excluding hydrogens is 392 g/mol. The zero-order valence-corrected chi connectivity index (χ0v) is 18.5.